The number of rotatable bonds is 4. The molecule has 0 bridgehead atoms. The van der Waals surface area contributed by atoms with E-state index in [4.69, 9.17) is 11.6 Å². The summed E-state index contributed by atoms with van der Waals surface area (Å²) in [6, 6.07) is 6.18. The SMILES string of the molecule is CCc1ccc2nc(NC(=O)C(C)(C)CCl)sc2c1. The van der Waals surface area contributed by atoms with E-state index in [1.54, 1.807) is 0 Å². The number of nitrogens with one attached hydrogen (secondary N) is 1. The van der Waals surface area contributed by atoms with Crippen LogP contribution in [-0.2, 0) is 11.2 Å². The standard InChI is InChI=1S/C14H17ClN2OS/c1-4-9-5-6-10-11(7-9)19-13(16-10)17-12(18)14(2,3)8-15/h5-7H,4,8H2,1-3H3,(H,16,17,18). The highest BCUT2D eigenvalue weighted by Crippen LogP contribution is 2.28. The lowest BCUT2D eigenvalue weighted by molar-refractivity contribution is -0.122. The van der Waals surface area contributed by atoms with Crippen molar-refractivity contribution in [3.63, 3.8) is 0 Å². The molecule has 0 saturated carbocycles. The summed E-state index contributed by atoms with van der Waals surface area (Å²) in [7, 11) is 0. The molecule has 102 valence electrons. The maximum absolute atomic E-state index is 12.0. The summed E-state index contributed by atoms with van der Waals surface area (Å²) < 4.78 is 1.10. The van der Waals surface area contributed by atoms with E-state index in [0.717, 1.165) is 16.6 Å². The number of anilines is 1. The van der Waals surface area contributed by atoms with Gasteiger partial charge in [0.1, 0.15) is 0 Å². The monoisotopic (exact) mass is 296 g/mol. The number of halogens is 1. The van der Waals surface area contributed by atoms with Crippen molar-refractivity contribution in [1.82, 2.24) is 4.98 Å². The largest absolute Gasteiger partial charge is 0.301 e. The number of nitrogens with zero attached hydrogens (tertiary/aromatic N) is 1. The average Bonchev–Trinajstić information content (AvgIpc) is 2.79. The minimum atomic E-state index is -0.589. The fourth-order valence-electron chi connectivity index (χ4n) is 1.57. The fraction of sp³-hybridized carbons (Fsp3) is 0.429. The Bertz CT molecular complexity index is 607. The molecule has 1 heterocycles. The first-order valence-electron chi connectivity index (χ1n) is 6.23. The number of fused-ring (bicyclic) bond motifs is 1. The van der Waals surface area contributed by atoms with Crippen molar-refractivity contribution in [1.29, 1.82) is 0 Å². The van der Waals surface area contributed by atoms with Crippen LogP contribution in [0.4, 0.5) is 5.13 Å². The predicted octanol–water partition coefficient (Wildman–Crippen LogP) is 4.06. The van der Waals surface area contributed by atoms with E-state index in [1.807, 2.05) is 19.9 Å². The third kappa shape index (κ3) is 3.07. The minimum Gasteiger partial charge on any atom is -0.301 e. The molecule has 1 aromatic heterocycles. The Hall–Kier alpha value is -1.13. The first-order valence-corrected chi connectivity index (χ1v) is 7.58. The van der Waals surface area contributed by atoms with Gasteiger partial charge in [0.2, 0.25) is 5.91 Å². The van der Waals surface area contributed by atoms with Crippen LogP contribution in [0.15, 0.2) is 18.2 Å². The summed E-state index contributed by atoms with van der Waals surface area (Å²) in [6.45, 7) is 5.75. The highest BCUT2D eigenvalue weighted by molar-refractivity contribution is 7.22. The second-order valence-corrected chi connectivity index (χ2v) is 6.44. The van der Waals surface area contributed by atoms with Gasteiger partial charge in [-0.1, -0.05) is 24.3 Å². The molecule has 0 aliphatic carbocycles. The molecular weight excluding hydrogens is 280 g/mol. The molecule has 0 saturated heterocycles. The molecule has 0 spiro atoms. The molecule has 2 aromatic rings. The van der Waals surface area contributed by atoms with E-state index < -0.39 is 5.41 Å². The van der Waals surface area contributed by atoms with Gasteiger partial charge in [0.05, 0.1) is 15.6 Å². The van der Waals surface area contributed by atoms with Crippen LogP contribution in [0.3, 0.4) is 0 Å². The fourth-order valence-corrected chi connectivity index (χ4v) is 2.62. The number of hydrogen-bond acceptors (Lipinski definition) is 3. The molecule has 19 heavy (non-hydrogen) atoms. The van der Waals surface area contributed by atoms with Crippen molar-refractivity contribution < 1.29 is 4.79 Å². The summed E-state index contributed by atoms with van der Waals surface area (Å²) in [6.07, 6.45) is 0.995. The van der Waals surface area contributed by atoms with Gasteiger partial charge in [0.15, 0.2) is 5.13 Å². The second kappa shape index (κ2) is 5.47. The molecule has 5 heteroatoms. The van der Waals surface area contributed by atoms with Crippen LogP contribution in [0.5, 0.6) is 0 Å². The van der Waals surface area contributed by atoms with Crippen LogP contribution in [0.25, 0.3) is 10.2 Å². The average molecular weight is 297 g/mol. The highest BCUT2D eigenvalue weighted by Gasteiger charge is 2.27. The Morgan fingerprint density at radius 1 is 1.47 bits per heavy atom. The van der Waals surface area contributed by atoms with Crippen molar-refractivity contribution >= 4 is 44.2 Å². The van der Waals surface area contributed by atoms with E-state index in [0.29, 0.717) is 5.13 Å². The molecule has 1 N–H and O–H groups in total. The molecule has 2 rings (SSSR count). The number of benzene rings is 1. The third-order valence-corrected chi connectivity index (χ3v) is 4.63. The number of amides is 1. The van der Waals surface area contributed by atoms with Crippen molar-refractivity contribution in [2.24, 2.45) is 5.41 Å². The van der Waals surface area contributed by atoms with Crippen molar-refractivity contribution in [3.8, 4) is 0 Å². The summed E-state index contributed by atoms with van der Waals surface area (Å²) in [4.78, 5) is 16.5. The number of aryl methyl sites for hydroxylation is 1. The number of thiazole rings is 1. The van der Waals surface area contributed by atoms with Gasteiger partial charge < -0.3 is 5.32 Å². The van der Waals surface area contributed by atoms with Crippen molar-refractivity contribution in [2.45, 2.75) is 27.2 Å². The molecule has 1 aromatic carbocycles. The van der Waals surface area contributed by atoms with Crippen LogP contribution in [-0.4, -0.2) is 16.8 Å². The molecule has 0 unspecified atom stereocenters. The number of hydrogen-bond donors (Lipinski definition) is 1. The third-order valence-electron chi connectivity index (χ3n) is 3.03. The van der Waals surface area contributed by atoms with Gasteiger partial charge in [-0.3, -0.25) is 4.79 Å². The first-order chi connectivity index (χ1) is 8.96. The maximum Gasteiger partial charge on any atom is 0.233 e. The molecule has 3 nitrogen and oxygen atoms in total. The first kappa shape index (κ1) is 14.3. The Kier molecular flexibility index (Phi) is 4.11. The van der Waals surface area contributed by atoms with Crippen LogP contribution >= 0.6 is 22.9 Å². The number of aromatic nitrogens is 1. The maximum atomic E-state index is 12.0. The Labute approximate surface area is 122 Å². The van der Waals surface area contributed by atoms with Gasteiger partial charge in [-0.25, -0.2) is 4.98 Å². The molecule has 0 radical (unpaired) electrons. The van der Waals surface area contributed by atoms with Crippen LogP contribution in [0.1, 0.15) is 26.3 Å². The Morgan fingerprint density at radius 2 is 2.21 bits per heavy atom. The number of alkyl halides is 1. The molecule has 0 fully saturated rings. The molecule has 1 amide bonds. The quantitative estimate of drug-likeness (QED) is 0.864. The van der Waals surface area contributed by atoms with Crippen LogP contribution < -0.4 is 5.32 Å². The lowest BCUT2D eigenvalue weighted by Gasteiger charge is -2.18. The van der Waals surface area contributed by atoms with Gasteiger partial charge in [-0.2, -0.15) is 0 Å². The predicted molar refractivity (Wildman–Crippen MR) is 82.1 cm³/mol. The van der Waals surface area contributed by atoms with E-state index in [2.05, 4.69) is 29.4 Å². The molecule has 0 aliphatic rings. The lowest BCUT2D eigenvalue weighted by atomic mass is 9.95. The Balaban J connectivity index is 2.25. The second-order valence-electron chi connectivity index (χ2n) is 5.15. The zero-order valence-corrected chi connectivity index (χ0v) is 12.9. The van der Waals surface area contributed by atoms with E-state index in [1.165, 1.54) is 16.9 Å². The smallest absolute Gasteiger partial charge is 0.233 e. The summed E-state index contributed by atoms with van der Waals surface area (Å²) in [5.74, 6) is 0.182. The van der Waals surface area contributed by atoms with Gasteiger partial charge >= 0.3 is 0 Å². The van der Waals surface area contributed by atoms with Gasteiger partial charge in [-0.15, -0.1) is 11.6 Å². The molecule has 0 atom stereocenters. The van der Waals surface area contributed by atoms with Gasteiger partial charge in [0.25, 0.3) is 0 Å². The zero-order valence-electron chi connectivity index (χ0n) is 11.3. The summed E-state index contributed by atoms with van der Waals surface area (Å²) in [5.41, 5.74) is 1.60. The van der Waals surface area contributed by atoms with Crippen LogP contribution in [0, 0.1) is 5.41 Å². The number of carbonyl (C=O) groups is 1. The van der Waals surface area contributed by atoms with E-state index in [-0.39, 0.29) is 11.8 Å². The van der Waals surface area contributed by atoms with Gasteiger partial charge in [-0.05, 0) is 38.0 Å². The molecular formula is C14H17ClN2OS. The molecule has 0 aliphatic heterocycles. The van der Waals surface area contributed by atoms with Crippen molar-refractivity contribution in [3.05, 3.63) is 23.8 Å². The summed E-state index contributed by atoms with van der Waals surface area (Å²) in [5, 5.41) is 3.48. The zero-order chi connectivity index (χ0) is 14.0. The van der Waals surface area contributed by atoms with E-state index in [9.17, 15) is 4.79 Å². The normalized spacial score (nSPS) is 11.8. The highest BCUT2D eigenvalue weighted by atomic mass is 35.5. The minimum absolute atomic E-state index is 0.0997. The summed E-state index contributed by atoms with van der Waals surface area (Å²) >= 11 is 7.29. The van der Waals surface area contributed by atoms with Crippen LogP contribution in [0.2, 0.25) is 0 Å². The van der Waals surface area contributed by atoms with Crippen molar-refractivity contribution in [2.75, 3.05) is 11.2 Å². The Morgan fingerprint density at radius 3 is 2.84 bits per heavy atom. The topological polar surface area (TPSA) is 42.0 Å². The van der Waals surface area contributed by atoms with E-state index >= 15 is 0 Å². The van der Waals surface area contributed by atoms with Gasteiger partial charge in [0, 0.05) is 5.88 Å². The lowest BCUT2D eigenvalue weighted by Crippen LogP contribution is -2.32. The number of carbonyl (C=O) groups excluding carboxylic acids is 1.